The van der Waals surface area contributed by atoms with Crippen molar-refractivity contribution < 1.29 is 9.90 Å². The average molecular weight is 282 g/mol. The third-order valence-corrected chi connectivity index (χ3v) is 5.07. The van der Waals surface area contributed by atoms with Gasteiger partial charge >= 0.3 is 0 Å². The van der Waals surface area contributed by atoms with Crippen molar-refractivity contribution in [3.63, 3.8) is 0 Å². The first-order valence-electron chi connectivity index (χ1n) is 8.30. The molecule has 2 rings (SSSR count). The van der Waals surface area contributed by atoms with Crippen LogP contribution in [0.4, 0.5) is 0 Å². The van der Waals surface area contributed by atoms with Crippen molar-refractivity contribution in [2.75, 3.05) is 26.2 Å². The van der Waals surface area contributed by atoms with Gasteiger partial charge in [-0.2, -0.15) is 0 Å². The lowest BCUT2D eigenvalue weighted by molar-refractivity contribution is -0.133. The van der Waals surface area contributed by atoms with Crippen LogP contribution in [0.1, 0.15) is 58.3 Å². The first-order valence-corrected chi connectivity index (χ1v) is 8.30. The summed E-state index contributed by atoms with van der Waals surface area (Å²) in [5, 5.41) is 13.0. The lowest BCUT2D eigenvalue weighted by atomic mass is 9.87. The molecule has 0 aromatic carbocycles. The minimum atomic E-state index is -0.128. The minimum Gasteiger partial charge on any atom is -0.396 e. The van der Waals surface area contributed by atoms with Crippen molar-refractivity contribution in [2.45, 2.75) is 64.3 Å². The number of hydrogen-bond donors (Lipinski definition) is 2. The van der Waals surface area contributed by atoms with Crippen molar-refractivity contribution in [1.82, 2.24) is 10.2 Å². The maximum atomic E-state index is 12.4. The predicted octanol–water partition coefficient (Wildman–Crippen LogP) is 1.92. The number of rotatable bonds is 5. The molecule has 0 aromatic heterocycles. The van der Waals surface area contributed by atoms with Crippen LogP contribution in [0.5, 0.6) is 0 Å². The predicted molar refractivity (Wildman–Crippen MR) is 80.5 cm³/mol. The molecule has 0 radical (unpaired) electrons. The Morgan fingerprint density at radius 3 is 2.30 bits per heavy atom. The van der Waals surface area contributed by atoms with Crippen molar-refractivity contribution in [1.29, 1.82) is 0 Å². The molecule has 1 unspecified atom stereocenters. The lowest BCUT2D eigenvalue weighted by Crippen LogP contribution is -2.48. The van der Waals surface area contributed by atoms with Crippen LogP contribution < -0.4 is 5.32 Å². The Morgan fingerprint density at radius 1 is 1.15 bits per heavy atom. The molecule has 2 N–H and O–H groups in total. The lowest BCUT2D eigenvalue weighted by Gasteiger charge is -2.30. The summed E-state index contributed by atoms with van der Waals surface area (Å²) in [5.41, 5.74) is 0.0212. The van der Waals surface area contributed by atoms with Gasteiger partial charge < -0.3 is 15.3 Å². The van der Waals surface area contributed by atoms with Crippen LogP contribution in [0.15, 0.2) is 0 Å². The quantitative estimate of drug-likeness (QED) is 0.810. The second-order valence-electron chi connectivity index (χ2n) is 6.71. The van der Waals surface area contributed by atoms with E-state index >= 15 is 0 Å². The third kappa shape index (κ3) is 3.95. The highest BCUT2D eigenvalue weighted by Gasteiger charge is 2.34. The van der Waals surface area contributed by atoms with Crippen molar-refractivity contribution in [3.05, 3.63) is 0 Å². The largest absolute Gasteiger partial charge is 0.396 e. The fraction of sp³-hybridized carbons (Fsp3) is 0.938. The fourth-order valence-electron chi connectivity index (χ4n) is 3.54. The summed E-state index contributed by atoms with van der Waals surface area (Å²) in [6.45, 7) is 4.80. The zero-order chi connectivity index (χ0) is 14.4. The Hall–Kier alpha value is -0.610. The smallest absolute Gasteiger partial charge is 0.239 e. The van der Waals surface area contributed by atoms with Gasteiger partial charge in [0.1, 0.15) is 0 Å². The SMILES string of the molecule is CC(NCC1(CO)CCCC1)C(=O)N1CCCCCC1. The Labute approximate surface area is 122 Å². The summed E-state index contributed by atoms with van der Waals surface area (Å²) in [4.78, 5) is 14.5. The summed E-state index contributed by atoms with van der Waals surface area (Å²) in [7, 11) is 0. The number of carbonyl (C=O) groups excluding carboxylic acids is 1. The average Bonchev–Trinajstić information content (AvgIpc) is 2.78. The van der Waals surface area contributed by atoms with Crippen molar-refractivity contribution in [2.24, 2.45) is 5.41 Å². The molecule has 1 saturated heterocycles. The van der Waals surface area contributed by atoms with Gasteiger partial charge in [0.15, 0.2) is 0 Å². The number of carbonyl (C=O) groups is 1. The molecule has 2 aliphatic rings. The maximum absolute atomic E-state index is 12.4. The van der Waals surface area contributed by atoms with E-state index in [0.717, 1.165) is 45.3 Å². The molecule has 1 aliphatic carbocycles. The number of hydrogen-bond acceptors (Lipinski definition) is 3. The van der Waals surface area contributed by atoms with E-state index < -0.39 is 0 Å². The van der Waals surface area contributed by atoms with E-state index in [2.05, 4.69) is 5.32 Å². The van der Waals surface area contributed by atoms with Crippen LogP contribution in [0.25, 0.3) is 0 Å². The molecule has 116 valence electrons. The molecule has 4 heteroatoms. The molecule has 1 amide bonds. The van der Waals surface area contributed by atoms with Gasteiger partial charge in [0, 0.05) is 31.7 Å². The monoisotopic (exact) mass is 282 g/mol. The number of amides is 1. The minimum absolute atomic E-state index is 0.0212. The van der Waals surface area contributed by atoms with Gasteiger partial charge in [0.2, 0.25) is 5.91 Å². The normalized spacial score (nSPS) is 24.4. The highest BCUT2D eigenvalue weighted by atomic mass is 16.3. The summed E-state index contributed by atoms with van der Waals surface area (Å²) >= 11 is 0. The molecule has 2 fully saturated rings. The second-order valence-corrected chi connectivity index (χ2v) is 6.71. The number of likely N-dealkylation sites (tertiary alicyclic amines) is 1. The number of aliphatic hydroxyl groups excluding tert-OH is 1. The molecule has 0 bridgehead atoms. The number of aliphatic hydroxyl groups is 1. The zero-order valence-corrected chi connectivity index (χ0v) is 12.9. The molecule has 1 aliphatic heterocycles. The first-order chi connectivity index (χ1) is 9.67. The van der Waals surface area contributed by atoms with Crippen LogP contribution in [0, 0.1) is 5.41 Å². The number of nitrogens with one attached hydrogen (secondary N) is 1. The standard InChI is InChI=1S/C16H30N2O2/c1-14(15(20)18-10-6-2-3-7-11-18)17-12-16(13-19)8-4-5-9-16/h14,17,19H,2-13H2,1H3. The molecule has 0 spiro atoms. The zero-order valence-electron chi connectivity index (χ0n) is 12.9. The fourth-order valence-corrected chi connectivity index (χ4v) is 3.54. The summed E-state index contributed by atoms with van der Waals surface area (Å²) in [6, 6.07) is -0.128. The topological polar surface area (TPSA) is 52.6 Å². The highest BCUT2D eigenvalue weighted by molar-refractivity contribution is 5.81. The van der Waals surface area contributed by atoms with E-state index in [0.29, 0.717) is 0 Å². The first kappa shape index (κ1) is 15.8. The molecule has 1 heterocycles. The van der Waals surface area contributed by atoms with Gasteiger partial charge in [0.25, 0.3) is 0 Å². The Morgan fingerprint density at radius 2 is 1.75 bits per heavy atom. The van der Waals surface area contributed by atoms with E-state index in [4.69, 9.17) is 0 Å². The van der Waals surface area contributed by atoms with Crippen LogP contribution in [0.3, 0.4) is 0 Å². The summed E-state index contributed by atoms with van der Waals surface area (Å²) in [5.74, 6) is 0.234. The highest BCUT2D eigenvalue weighted by Crippen LogP contribution is 2.36. The Balaban J connectivity index is 1.81. The van der Waals surface area contributed by atoms with Gasteiger partial charge in [-0.15, -0.1) is 0 Å². The van der Waals surface area contributed by atoms with Crippen LogP contribution in [-0.4, -0.2) is 48.2 Å². The molecule has 1 atom stereocenters. The van der Waals surface area contributed by atoms with Gasteiger partial charge in [-0.25, -0.2) is 0 Å². The van der Waals surface area contributed by atoms with Gasteiger partial charge in [-0.1, -0.05) is 25.7 Å². The summed E-state index contributed by atoms with van der Waals surface area (Å²) in [6.07, 6.45) is 9.35. The van der Waals surface area contributed by atoms with E-state index in [-0.39, 0.29) is 24.0 Å². The molecule has 20 heavy (non-hydrogen) atoms. The maximum Gasteiger partial charge on any atom is 0.239 e. The van der Waals surface area contributed by atoms with E-state index in [1.54, 1.807) is 0 Å². The molecule has 1 saturated carbocycles. The van der Waals surface area contributed by atoms with Gasteiger partial charge in [-0.05, 0) is 32.6 Å². The van der Waals surface area contributed by atoms with E-state index in [1.807, 2.05) is 11.8 Å². The third-order valence-electron chi connectivity index (χ3n) is 5.07. The van der Waals surface area contributed by atoms with Gasteiger partial charge in [0.05, 0.1) is 6.04 Å². The summed E-state index contributed by atoms with van der Waals surface area (Å²) < 4.78 is 0. The Kier molecular flexibility index (Phi) is 5.85. The van der Waals surface area contributed by atoms with E-state index in [1.165, 1.54) is 25.7 Å². The van der Waals surface area contributed by atoms with Gasteiger partial charge in [-0.3, -0.25) is 4.79 Å². The molecule has 4 nitrogen and oxygen atoms in total. The molecular weight excluding hydrogens is 252 g/mol. The number of nitrogens with zero attached hydrogens (tertiary/aromatic N) is 1. The van der Waals surface area contributed by atoms with Crippen LogP contribution >= 0.6 is 0 Å². The van der Waals surface area contributed by atoms with Crippen LogP contribution in [-0.2, 0) is 4.79 Å². The molecule has 0 aromatic rings. The van der Waals surface area contributed by atoms with Crippen molar-refractivity contribution >= 4 is 5.91 Å². The second kappa shape index (κ2) is 7.41. The van der Waals surface area contributed by atoms with Crippen LogP contribution in [0.2, 0.25) is 0 Å². The van der Waals surface area contributed by atoms with Crippen molar-refractivity contribution in [3.8, 4) is 0 Å². The van der Waals surface area contributed by atoms with E-state index in [9.17, 15) is 9.90 Å². The Bertz CT molecular complexity index is 306. The molecular formula is C16H30N2O2.